The number of ether oxygens (including phenoxy) is 1. The normalized spacial score (nSPS) is 18.3. The average molecular weight is 345 g/mol. The molecule has 3 rings (SSSR count). The molecule has 1 unspecified atom stereocenters. The molecule has 2 aromatic rings. The van der Waals surface area contributed by atoms with E-state index in [1.54, 1.807) is 12.1 Å². The maximum Gasteiger partial charge on any atom is 0.243 e. The Morgan fingerprint density at radius 1 is 1.12 bits per heavy atom. The lowest BCUT2D eigenvalue weighted by molar-refractivity contribution is 0.101. The van der Waals surface area contributed by atoms with Gasteiger partial charge < -0.3 is 4.74 Å². The zero-order valence-corrected chi connectivity index (χ0v) is 14.4. The van der Waals surface area contributed by atoms with Crippen LogP contribution in [0.4, 0.5) is 0 Å². The Morgan fingerprint density at radius 2 is 1.79 bits per heavy atom. The molecule has 0 fully saturated rings. The first-order valence-corrected chi connectivity index (χ1v) is 9.20. The van der Waals surface area contributed by atoms with Crippen molar-refractivity contribution in [3.8, 4) is 5.75 Å². The van der Waals surface area contributed by atoms with E-state index < -0.39 is 10.0 Å². The highest BCUT2D eigenvalue weighted by atomic mass is 32.2. The van der Waals surface area contributed by atoms with Gasteiger partial charge in [-0.3, -0.25) is 4.79 Å². The number of hydrogen-bond donors (Lipinski definition) is 0. The standard InChI is InChI=1S/C18H19NO4S/c1-13-17-5-3-4-6-18(17)23-12-11-19(13)24(21,22)16-9-7-15(8-10-16)14(2)20/h3-10,13H,11-12H2,1-2H3. The fourth-order valence-corrected chi connectivity index (χ4v) is 4.47. The van der Waals surface area contributed by atoms with Gasteiger partial charge in [-0.1, -0.05) is 30.3 Å². The SMILES string of the molecule is CC(=O)c1ccc(S(=O)(=O)N2CCOc3ccccc3C2C)cc1. The Balaban J connectivity index is 1.98. The number of fused-ring (bicyclic) bond motifs is 1. The van der Waals surface area contributed by atoms with Crippen molar-refractivity contribution < 1.29 is 17.9 Å². The zero-order valence-electron chi connectivity index (χ0n) is 13.6. The van der Waals surface area contributed by atoms with Crippen molar-refractivity contribution in [1.82, 2.24) is 4.31 Å². The van der Waals surface area contributed by atoms with E-state index in [2.05, 4.69) is 0 Å². The highest BCUT2D eigenvalue weighted by molar-refractivity contribution is 7.89. The molecule has 0 aromatic heterocycles. The van der Waals surface area contributed by atoms with Crippen molar-refractivity contribution in [3.63, 3.8) is 0 Å². The minimum Gasteiger partial charge on any atom is -0.492 e. The molecule has 2 aromatic carbocycles. The summed E-state index contributed by atoms with van der Waals surface area (Å²) in [5.41, 5.74) is 1.34. The second-order valence-corrected chi connectivity index (χ2v) is 7.65. The summed E-state index contributed by atoms with van der Waals surface area (Å²) in [4.78, 5) is 11.5. The average Bonchev–Trinajstić information content (AvgIpc) is 2.75. The van der Waals surface area contributed by atoms with Crippen LogP contribution in [-0.2, 0) is 10.0 Å². The molecule has 0 saturated heterocycles. The van der Waals surface area contributed by atoms with Gasteiger partial charge in [0.2, 0.25) is 10.0 Å². The first-order chi connectivity index (χ1) is 11.4. The summed E-state index contributed by atoms with van der Waals surface area (Å²) in [5.74, 6) is 0.624. The quantitative estimate of drug-likeness (QED) is 0.802. The van der Waals surface area contributed by atoms with Gasteiger partial charge >= 0.3 is 0 Å². The van der Waals surface area contributed by atoms with Crippen LogP contribution >= 0.6 is 0 Å². The van der Waals surface area contributed by atoms with Crippen LogP contribution in [-0.4, -0.2) is 31.7 Å². The molecule has 1 atom stereocenters. The van der Waals surface area contributed by atoms with Crippen molar-refractivity contribution in [3.05, 3.63) is 59.7 Å². The van der Waals surface area contributed by atoms with Gasteiger partial charge in [-0.05, 0) is 32.0 Å². The van der Waals surface area contributed by atoms with E-state index in [0.717, 1.165) is 11.3 Å². The number of ketones is 1. The monoisotopic (exact) mass is 345 g/mol. The molecule has 0 spiro atoms. The summed E-state index contributed by atoms with van der Waals surface area (Å²) < 4.78 is 33.2. The maximum absolute atomic E-state index is 13.0. The lowest BCUT2D eigenvalue weighted by Crippen LogP contribution is -2.35. The Bertz CT molecular complexity index is 859. The minimum absolute atomic E-state index is 0.0931. The molecular formula is C18H19NO4S. The number of rotatable bonds is 3. The van der Waals surface area contributed by atoms with E-state index in [4.69, 9.17) is 4.74 Å². The zero-order chi connectivity index (χ0) is 17.3. The predicted molar refractivity (Wildman–Crippen MR) is 90.7 cm³/mol. The molecule has 0 amide bonds. The van der Waals surface area contributed by atoms with E-state index in [-0.39, 0.29) is 23.3 Å². The third-order valence-electron chi connectivity index (χ3n) is 4.24. The van der Waals surface area contributed by atoms with Crippen LogP contribution in [0.1, 0.15) is 35.8 Å². The second kappa shape index (κ2) is 6.37. The number of carbonyl (C=O) groups is 1. The van der Waals surface area contributed by atoms with E-state index in [1.807, 2.05) is 31.2 Å². The molecule has 0 bridgehead atoms. The van der Waals surface area contributed by atoms with Crippen molar-refractivity contribution in [1.29, 1.82) is 0 Å². The molecule has 24 heavy (non-hydrogen) atoms. The van der Waals surface area contributed by atoms with Crippen LogP contribution < -0.4 is 4.74 Å². The van der Waals surface area contributed by atoms with Crippen molar-refractivity contribution in [2.24, 2.45) is 0 Å². The largest absolute Gasteiger partial charge is 0.492 e. The third kappa shape index (κ3) is 2.95. The smallest absolute Gasteiger partial charge is 0.243 e. The van der Waals surface area contributed by atoms with E-state index in [1.165, 1.54) is 23.4 Å². The van der Waals surface area contributed by atoms with Crippen LogP contribution in [0.3, 0.4) is 0 Å². The number of carbonyl (C=O) groups excluding carboxylic acids is 1. The Labute approximate surface area is 141 Å². The molecule has 0 aliphatic carbocycles. The molecule has 5 nitrogen and oxygen atoms in total. The van der Waals surface area contributed by atoms with Gasteiger partial charge in [-0.2, -0.15) is 4.31 Å². The molecule has 1 heterocycles. The number of Topliss-reactive ketones (excluding diaryl/α,β-unsaturated/α-hetero) is 1. The van der Waals surface area contributed by atoms with Gasteiger partial charge in [0.25, 0.3) is 0 Å². The predicted octanol–water partition coefficient (Wildman–Crippen LogP) is 3.03. The molecule has 6 heteroatoms. The molecule has 0 N–H and O–H groups in total. The lowest BCUT2D eigenvalue weighted by atomic mass is 10.1. The van der Waals surface area contributed by atoms with Crippen molar-refractivity contribution in [2.45, 2.75) is 24.8 Å². The topological polar surface area (TPSA) is 63.7 Å². The number of hydrogen-bond acceptors (Lipinski definition) is 4. The number of sulfonamides is 1. The van der Waals surface area contributed by atoms with Crippen LogP contribution in [0.15, 0.2) is 53.4 Å². The van der Waals surface area contributed by atoms with Crippen molar-refractivity contribution >= 4 is 15.8 Å². The van der Waals surface area contributed by atoms with Crippen LogP contribution in [0.2, 0.25) is 0 Å². The highest BCUT2D eigenvalue weighted by Gasteiger charge is 2.33. The Kier molecular flexibility index (Phi) is 4.43. The molecule has 0 saturated carbocycles. The van der Waals surface area contributed by atoms with Gasteiger partial charge in [0.15, 0.2) is 5.78 Å². The maximum atomic E-state index is 13.0. The summed E-state index contributed by atoms with van der Waals surface area (Å²) in [6.07, 6.45) is 0. The van der Waals surface area contributed by atoms with Crippen LogP contribution in [0.25, 0.3) is 0 Å². The van der Waals surface area contributed by atoms with Crippen LogP contribution in [0, 0.1) is 0 Å². The summed E-state index contributed by atoms with van der Waals surface area (Å²) >= 11 is 0. The molecule has 1 aliphatic heterocycles. The Morgan fingerprint density at radius 3 is 2.46 bits per heavy atom. The molecule has 1 aliphatic rings. The number of para-hydroxylation sites is 1. The fraction of sp³-hybridized carbons (Fsp3) is 0.278. The van der Waals surface area contributed by atoms with Gasteiger partial charge in [0, 0.05) is 17.7 Å². The summed E-state index contributed by atoms with van der Waals surface area (Å²) in [6, 6.07) is 13.2. The summed E-state index contributed by atoms with van der Waals surface area (Å²) in [7, 11) is -3.68. The van der Waals surface area contributed by atoms with Crippen molar-refractivity contribution in [2.75, 3.05) is 13.2 Å². The first-order valence-electron chi connectivity index (χ1n) is 7.76. The lowest BCUT2D eigenvalue weighted by Gasteiger charge is -2.26. The van der Waals surface area contributed by atoms with Gasteiger partial charge in [-0.25, -0.2) is 8.42 Å². The minimum atomic E-state index is -3.68. The van der Waals surface area contributed by atoms with Gasteiger partial charge in [-0.15, -0.1) is 0 Å². The van der Waals surface area contributed by atoms with E-state index in [9.17, 15) is 13.2 Å². The number of nitrogens with zero attached hydrogens (tertiary/aromatic N) is 1. The number of benzene rings is 2. The van der Waals surface area contributed by atoms with Gasteiger partial charge in [0.05, 0.1) is 10.9 Å². The Hall–Kier alpha value is -2.18. The second-order valence-electron chi connectivity index (χ2n) is 5.76. The van der Waals surface area contributed by atoms with Gasteiger partial charge in [0.1, 0.15) is 12.4 Å². The van der Waals surface area contributed by atoms with E-state index >= 15 is 0 Å². The van der Waals surface area contributed by atoms with E-state index in [0.29, 0.717) is 12.2 Å². The molecule has 0 radical (unpaired) electrons. The molecule has 126 valence electrons. The third-order valence-corrected chi connectivity index (χ3v) is 6.22. The molecular weight excluding hydrogens is 326 g/mol. The summed E-state index contributed by atoms with van der Waals surface area (Å²) in [5, 5.41) is 0. The first kappa shape index (κ1) is 16.7. The van der Waals surface area contributed by atoms with Crippen LogP contribution in [0.5, 0.6) is 5.75 Å². The summed E-state index contributed by atoms with van der Waals surface area (Å²) in [6.45, 7) is 3.88. The fourth-order valence-electron chi connectivity index (χ4n) is 2.88. The highest BCUT2D eigenvalue weighted by Crippen LogP contribution is 2.34.